The molecule has 214 valence electrons. The van der Waals surface area contributed by atoms with Crippen LogP contribution >= 0.6 is 0 Å². The molecule has 6 nitrogen and oxygen atoms in total. The summed E-state index contributed by atoms with van der Waals surface area (Å²) in [6, 6.07) is 47.2. The third-order valence-electron chi connectivity index (χ3n) is 8.95. The number of hydrogen-bond acceptors (Lipinski definition) is 6. The summed E-state index contributed by atoms with van der Waals surface area (Å²) in [6.07, 6.45) is 0. The highest BCUT2D eigenvalue weighted by molar-refractivity contribution is 7.00. The van der Waals surface area contributed by atoms with Crippen molar-refractivity contribution in [3.05, 3.63) is 140 Å². The van der Waals surface area contributed by atoms with Crippen LogP contribution in [-0.2, 0) is 0 Å². The first-order valence-corrected chi connectivity index (χ1v) is 15.3. The van der Waals surface area contributed by atoms with Crippen LogP contribution in [0.5, 0.6) is 23.0 Å². The fourth-order valence-corrected chi connectivity index (χ4v) is 6.99. The molecule has 1 aromatic heterocycles. The Labute approximate surface area is 265 Å². The molecule has 0 N–H and O–H groups in total. The maximum atomic E-state index is 6.75. The molecule has 3 aliphatic heterocycles. The average Bonchev–Trinajstić information content (AvgIpc) is 3.12. The zero-order valence-corrected chi connectivity index (χ0v) is 24.5. The fraction of sp³-hybridized carbons (Fsp3) is 0. The van der Waals surface area contributed by atoms with Crippen LogP contribution in [0.2, 0.25) is 0 Å². The number of ether oxygens (including phenoxy) is 2. The first-order chi connectivity index (χ1) is 22.8. The zero-order chi connectivity index (χ0) is 30.2. The largest absolute Gasteiger partial charge is 0.458 e. The summed E-state index contributed by atoms with van der Waals surface area (Å²) >= 11 is 0. The van der Waals surface area contributed by atoms with Crippen molar-refractivity contribution in [1.82, 2.24) is 15.0 Å². The van der Waals surface area contributed by atoms with Crippen molar-refractivity contribution in [2.24, 2.45) is 0 Å². The molecule has 0 saturated heterocycles. The number of rotatable bonds is 4. The van der Waals surface area contributed by atoms with Crippen molar-refractivity contribution in [2.45, 2.75) is 0 Å². The van der Waals surface area contributed by atoms with Gasteiger partial charge in [0.05, 0.1) is 0 Å². The summed E-state index contributed by atoms with van der Waals surface area (Å²) in [5.41, 5.74) is 9.27. The molecule has 0 radical (unpaired) electrons. The Hall–Kier alpha value is -6.21. The van der Waals surface area contributed by atoms with Crippen LogP contribution < -0.4 is 30.8 Å². The molecule has 0 fully saturated rings. The minimum Gasteiger partial charge on any atom is -0.458 e. The molecule has 3 aliphatic rings. The Bertz CT molecular complexity index is 2200. The van der Waals surface area contributed by atoms with E-state index in [9.17, 15) is 0 Å². The lowest BCUT2D eigenvalue weighted by Crippen LogP contribution is -2.61. The van der Waals surface area contributed by atoms with E-state index in [0.29, 0.717) is 17.5 Å². The van der Waals surface area contributed by atoms with Crippen molar-refractivity contribution in [1.29, 1.82) is 0 Å². The van der Waals surface area contributed by atoms with Crippen LogP contribution in [-0.4, -0.2) is 21.7 Å². The smallest absolute Gasteiger partial charge is 0.266 e. The average molecular weight is 590 g/mol. The van der Waals surface area contributed by atoms with Crippen molar-refractivity contribution in [2.75, 3.05) is 4.90 Å². The van der Waals surface area contributed by atoms with Crippen LogP contribution in [0.4, 0.5) is 17.1 Å². The van der Waals surface area contributed by atoms with Gasteiger partial charge in [-0.05, 0) is 59.5 Å². The first kappa shape index (κ1) is 25.2. The highest BCUT2D eigenvalue weighted by atomic mass is 16.5. The predicted molar refractivity (Wildman–Crippen MR) is 182 cm³/mol. The van der Waals surface area contributed by atoms with E-state index in [2.05, 4.69) is 65.6 Å². The molecule has 7 aromatic rings. The molecule has 6 aromatic carbocycles. The maximum absolute atomic E-state index is 6.75. The SMILES string of the molecule is c1ccc(-c2nc(-c3ccccc3)nc(-c3cc4c5c(c3)Oc3cccc6c3B5c3c(cccc3N6c3ccccc3)O4)n2)cc1. The molecule has 0 unspecified atom stereocenters. The highest BCUT2D eigenvalue weighted by Gasteiger charge is 2.47. The number of hydrogen-bond donors (Lipinski definition) is 0. The van der Waals surface area contributed by atoms with E-state index in [4.69, 9.17) is 24.4 Å². The normalized spacial score (nSPS) is 13.0. The van der Waals surface area contributed by atoms with Crippen LogP contribution in [0.15, 0.2) is 140 Å². The number of para-hydroxylation sites is 1. The molecule has 0 amide bonds. The minimum absolute atomic E-state index is 0.0305. The number of anilines is 3. The third kappa shape index (κ3) is 3.69. The molecule has 0 saturated carbocycles. The lowest BCUT2D eigenvalue weighted by atomic mass is 9.33. The van der Waals surface area contributed by atoms with Crippen LogP contribution in [0.3, 0.4) is 0 Å². The van der Waals surface area contributed by atoms with Gasteiger partial charge in [-0.2, -0.15) is 0 Å². The van der Waals surface area contributed by atoms with Gasteiger partial charge in [0, 0.05) is 39.2 Å². The summed E-state index contributed by atoms with van der Waals surface area (Å²) in [5.74, 6) is 4.94. The van der Waals surface area contributed by atoms with Gasteiger partial charge in [0.2, 0.25) is 0 Å². The van der Waals surface area contributed by atoms with Gasteiger partial charge in [0.15, 0.2) is 17.5 Å². The number of aromatic nitrogens is 3. The second kappa shape index (κ2) is 9.65. The Balaban J connectivity index is 1.18. The summed E-state index contributed by atoms with van der Waals surface area (Å²) in [6.45, 7) is -0.0305. The number of benzene rings is 6. The molecule has 10 rings (SSSR count). The lowest BCUT2D eigenvalue weighted by Gasteiger charge is -2.42. The topological polar surface area (TPSA) is 60.4 Å². The van der Waals surface area contributed by atoms with E-state index < -0.39 is 0 Å². The standard InChI is InChI=1S/C39H23BN4O2/c1-4-12-24(13-5-1)37-41-38(25-14-6-2-7-15-25)43-39(42-37)26-22-32-36-33(23-26)46-31-21-11-19-29-35(31)40(36)34-28(18-10-20-30(34)45-32)44(29)27-16-8-3-9-17-27/h1-23H. The molecular formula is C39H23BN4O2. The quantitative estimate of drug-likeness (QED) is 0.199. The van der Waals surface area contributed by atoms with E-state index in [-0.39, 0.29) is 6.71 Å². The molecule has 0 spiro atoms. The Morgan fingerprint density at radius 3 is 1.37 bits per heavy atom. The van der Waals surface area contributed by atoms with Crippen molar-refractivity contribution in [3.8, 4) is 57.2 Å². The molecule has 4 heterocycles. The Kier molecular flexibility index (Phi) is 5.28. The van der Waals surface area contributed by atoms with Gasteiger partial charge in [-0.15, -0.1) is 0 Å². The summed E-state index contributed by atoms with van der Waals surface area (Å²) in [4.78, 5) is 17.1. The summed E-state index contributed by atoms with van der Waals surface area (Å²) in [5, 5.41) is 0. The van der Waals surface area contributed by atoms with Gasteiger partial charge >= 0.3 is 0 Å². The van der Waals surface area contributed by atoms with Gasteiger partial charge in [0.25, 0.3) is 6.71 Å². The van der Waals surface area contributed by atoms with Crippen LogP contribution in [0, 0.1) is 0 Å². The monoisotopic (exact) mass is 590 g/mol. The van der Waals surface area contributed by atoms with Gasteiger partial charge in [0.1, 0.15) is 23.0 Å². The minimum atomic E-state index is -0.0305. The van der Waals surface area contributed by atoms with Gasteiger partial charge in [-0.25, -0.2) is 15.0 Å². The van der Waals surface area contributed by atoms with E-state index >= 15 is 0 Å². The molecule has 7 heteroatoms. The summed E-state index contributed by atoms with van der Waals surface area (Å²) in [7, 11) is 0. The third-order valence-corrected chi connectivity index (χ3v) is 8.95. The molecular weight excluding hydrogens is 567 g/mol. The van der Waals surface area contributed by atoms with Crippen LogP contribution in [0.25, 0.3) is 34.2 Å². The van der Waals surface area contributed by atoms with Crippen molar-refractivity contribution >= 4 is 40.2 Å². The molecule has 46 heavy (non-hydrogen) atoms. The van der Waals surface area contributed by atoms with Gasteiger partial charge < -0.3 is 14.4 Å². The van der Waals surface area contributed by atoms with E-state index in [0.717, 1.165) is 73.1 Å². The second-order valence-electron chi connectivity index (χ2n) is 11.6. The van der Waals surface area contributed by atoms with Gasteiger partial charge in [-0.1, -0.05) is 91.0 Å². The predicted octanol–water partition coefficient (Wildman–Crippen LogP) is 7.38. The van der Waals surface area contributed by atoms with Crippen molar-refractivity contribution in [3.63, 3.8) is 0 Å². The molecule has 0 aliphatic carbocycles. The maximum Gasteiger partial charge on any atom is 0.266 e. The zero-order valence-electron chi connectivity index (χ0n) is 24.5. The lowest BCUT2D eigenvalue weighted by molar-refractivity contribution is 0.464. The molecule has 0 atom stereocenters. The van der Waals surface area contributed by atoms with Crippen LogP contribution in [0.1, 0.15) is 0 Å². The molecule has 0 bridgehead atoms. The highest BCUT2D eigenvalue weighted by Crippen LogP contribution is 2.46. The summed E-state index contributed by atoms with van der Waals surface area (Å²) < 4.78 is 13.5. The van der Waals surface area contributed by atoms with Crippen molar-refractivity contribution < 1.29 is 9.47 Å². The van der Waals surface area contributed by atoms with E-state index in [1.54, 1.807) is 0 Å². The van der Waals surface area contributed by atoms with E-state index in [1.165, 1.54) is 0 Å². The fourth-order valence-electron chi connectivity index (χ4n) is 6.99. The first-order valence-electron chi connectivity index (χ1n) is 15.3. The number of nitrogens with zero attached hydrogens (tertiary/aromatic N) is 4. The van der Waals surface area contributed by atoms with E-state index in [1.807, 2.05) is 78.9 Å². The Morgan fingerprint density at radius 2 is 0.870 bits per heavy atom. The Morgan fingerprint density at radius 1 is 0.413 bits per heavy atom. The second-order valence-corrected chi connectivity index (χ2v) is 11.6. The van der Waals surface area contributed by atoms with Gasteiger partial charge in [-0.3, -0.25) is 0 Å².